The second kappa shape index (κ2) is 13.6. The normalized spacial score (nSPS) is 12.5. The van der Waals surface area contributed by atoms with E-state index in [0.29, 0.717) is 5.75 Å². The van der Waals surface area contributed by atoms with Crippen molar-refractivity contribution in [2.24, 2.45) is 4.36 Å². The van der Waals surface area contributed by atoms with Crippen LogP contribution in [0.3, 0.4) is 0 Å². The minimum absolute atomic E-state index is 0.350. The minimum Gasteiger partial charge on any atom is -0.309 e. The van der Waals surface area contributed by atoms with E-state index in [2.05, 4.69) is 4.36 Å². The zero-order valence-corrected chi connectivity index (χ0v) is 13.6. The standard InChI is InChI=1S/C8H18N2O2S.2C2H6/c1-8(11)9-13(4,12)7-5-6-10(2)3;2*1-2/h5-7H2,1-4H3;2*1-2H3. The zero-order chi connectivity index (χ0) is 14.5. The highest BCUT2D eigenvalue weighted by Crippen LogP contribution is 1.96. The lowest BCUT2D eigenvalue weighted by atomic mass is 10.5. The molecule has 0 aliphatic carbocycles. The molecule has 0 bridgehead atoms. The van der Waals surface area contributed by atoms with Gasteiger partial charge in [-0.05, 0) is 27.1 Å². The van der Waals surface area contributed by atoms with Gasteiger partial charge in [-0.1, -0.05) is 27.7 Å². The van der Waals surface area contributed by atoms with E-state index in [-0.39, 0.29) is 5.91 Å². The maximum Gasteiger partial charge on any atom is 0.250 e. The van der Waals surface area contributed by atoms with Crippen molar-refractivity contribution in [1.82, 2.24) is 4.90 Å². The summed E-state index contributed by atoms with van der Waals surface area (Å²) in [5.41, 5.74) is 0. The fourth-order valence-corrected chi connectivity index (χ4v) is 2.27. The number of carbonyl (C=O) groups excluding carboxylic acids is 1. The number of nitrogens with zero attached hydrogens (tertiary/aromatic N) is 2. The maximum atomic E-state index is 11.6. The van der Waals surface area contributed by atoms with Crippen LogP contribution in [0.4, 0.5) is 0 Å². The Kier molecular flexibility index (Phi) is 17.5. The van der Waals surface area contributed by atoms with E-state index in [9.17, 15) is 9.00 Å². The quantitative estimate of drug-likeness (QED) is 0.786. The van der Waals surface area contributed by atoms with Gasteiger partial charge in [-0.2, -0.15) is 4.36 Å². The first-order chi connectivity index (χ1) is 7.83. The molecule has 1 unspecified atom stereocenters. The molecule has 0 fully saturated rings. The lowest BCUT2D eigenvalue weighted by Crippen LogP contribution is -2.16. The third kappa shape index (κ3) is 21.4. The van der Waals surface area contributed by atoms with Crippen molar-refractivity contribution in [1.29, 1.82) is 0 Å². The van der Waals surface area contributed by atoms with Gasteiger partial charge in [-0.15, -0.1) is 0 Å². The van der Waals surface area contributed by atoms with Gasteiger partial charge in [-0.25, -0.2) is 4.21 Å². The third-order valence-corrected chi connectivity index (χ3v) is 3.14. The molecule has 0 saturated carbocycles. The topological polar surface area (TPSA) is 49.7 Å². The summed E-state index contributed by atoms with van der Waals surface area (Å²) in [4.78, 5) is 12.6. The van der Waals surface area contributed by atoms with E-state index in [1.807, 2.05) is 46.7 Å². The van der Waals surface area contributed by atoms with Gasteiger partial charge in [-0.3, -0.25) is 4.79 Å². The molecule has 0 rings (SSSR count). The van der Waals surface area contributed by atoms with Gasteiger partial charge in [0.2, 0.25) is 0 Å². The minimum atomic E-state index is -2.28. The van der Waals surface area contributed by atoms with Crippen LogP contribution in [-0.2, 0) is 14.5 Å². The first-order valence-corrected chi connectivity index (χ1v) is 8.28. The van der Waals surface area contributed by atoms with E-state index < -0.39 is 9.73 Å². The molecule has 1 amide bonds. The smallest absolute Gasteiger partial charge is 0.250 e. The summed E-state index contributed by atoms with van der Waals surface area (Å²) in [5, 5.41) is 0. The van der Waals surface area contributed by atoms with Crippen LogP contribution in [-0.4, -0.2) is 47.7 Å². The number of rotatable bonds is 4. The van der Waals surface area contributed by atoms with Crippen molar-refractivity contribution in [2.45, 2.75) is 41.0 Å². The van der Waals surface area contributed by atoms with Crippen molar-refractivity contribution in [3.05, 3.63) is 0 Å². The van der Waals surface area contributed by atoms with Gasteiger partial charge < -0.3 is 4.90 Å². The Labute approximate surface area is 108 Å². The predicted octanol–water partition coefficient (Wildman–Crippen LogP) is 2.63. The van der Waals surface area contributed by atoms with Gasteiger partial charge in [0.25, 0.3) is 5.91 Å². The summed E-state index contributed by atoms with van der Waals surface area (Å²) >= 11 is 0. The molecule has 0 N–H and O–H groups in total. The molecular formula is C12H30N2O2S. The Morgan fingerprint density at radius 2 is 1.59 bits per heavy atom. The SMILES string of the molecule is CC.CC.CC(=O)N=S(C)(=O)CCCN(C)C. The van der Waals surface area contributed by atoms with Gasteiger partial charge in [0.05, 0.1) is 9.73 Å². The van der Waals surface area contributed by atoms with E-state index in [1.165, 1.54) is 13.2 Å². The Morgan fingerprint density at radius 3 is 1.88 bits per heavy atom. The molecule has 0 saturated heterocycles. The van der Waals surface area contributed by atoms with Crippen LogP contribution < -0.4 is 0 Å². The summed E-state index contributed by atoms with van der Waals surface area (Å²) in [7, 11) is 1.64. The Hall–Kier alpha value is -0.420. The van der Waals surface area contributed by atoms with Crippen molar-refractivity contribution in [3.63, 3.8) is 0 Å². The van der Waals surface area contributed by atoms with E-state index in [4.69, 9.17) is 0 Å². The van der Waals surface area contributed by atoms with Crippen LogP contribution >= 0.6 is 0 Å². The molecule has 0 spiro atoms. The number of hydrogen-bond donors (Lipinski definition) is 0. The molecular weight excluding hydrogens is 236 g/mol. The van der Waals surface area contributed by atoms with E-state index >= 15 is 0 Å². The second-order valence-electron chi connectivity index (χ2n) is 3.43. The van der Waals surface area contributed by atoms with Gasteiger partial charge in [0.1, 0.15) is 0 Å². The Morgan fingerprint density at radius 1 is 1.18 bits per heavy atom. The molecule has 5 heteroatoms. The lowest BCUT2D eigenvalue weighted by molar-refractivity contribution is -0.115. The van der Waals surface area contributed by atoms with Crippen LogP contribution in [0.25, 0.3) is 0 Å². The lowest BCUT2D eigenvalue weighted by Gasteiger charge is -2.09. The number of carbonyl (C=O) groups is 1. The third-order valence-electron chi connectivity index (χ3n) is 1.45. The molecule has 106 valence electrons. The summed E-state index contributed by atoms with van der Waals surface area (Å²) < 4.78 is 15.1. The fraction of sp³-hybridized carbons (Fsp3) is 0.917. The summed E-state index contributed by atoms with van der Waals surface area (Å²) in [6.45, 7) is 10.2. The molecule has 17 heavy (non-hydrogen) atoms. The summed E-state index contributed by atoms with van der Waals surface area (Å²) in [5.74, 6) is 0.141. The molecule has 0 aromatic carbocycles. The number of amides is 1. The Balaban J connectivity index is -0.000000439. The van der Waals surface area contributed by atoms with Crippen LogP contribution in [0.2, 0.25) is 0 Å². The molecule has 0 aliphatic rings. The van der Waals surface area contributed by atoms with Crippen molar-refractivity contribution in [2.75, 3.05) is 32.6 Å². The molecule has 0 aliphatic heterocycles. The van der Waals surface area contributed by atoms with Crippen molar-refractivity contribution in [3.8, 4) is 0 Å². The van der Waals surface area contributed by atoms with Gasteiger partial charge >= 0.3 is 0 Å². The first kappa shape index (κ1) is 21.8. The van der Waals surface area contributed by atoms with Crippen molar-refractivity contribution < 1.29 is 9.00 Å². The predicted molar refractivity (Wildman–Crippen MR) is 77.9 cm³/mol. The molecule has 0 aromatic rings. The number of hydrogen-bond acceptors (Lipinski definition) is 3. The van der Waals surface area contributed by atoms with Gasteiger partial charge in [0.15, 0.2) is 0 Å². The monoisotopic (exact) mass is 266 g/mol. The van der Waals surface area contributed by atoms with Crippen LogP contribution in [0.5, 0.6) is 0 Å². The summed E-state index contributed by atoms with van der Waals surface area (Å²) in [6.07, 6.45) is 2.34. The average Bonchev–Trinajstić information content (AvgIpc) is 2.20. The molecule has 0 aromatic heterocycles. The highest BCUT2D eigenvalue weighted by Gasteiger charge is 2.03. The highest BCUT2D eigenvalue weighted by atomic mass is 32.2. The van der Waals surface area contributed by atoms with E-state index in [0.717, 1.165) is 13.0 Å². The van der Waals surface area contributed by atoms with Crippen LogP contribution in [0.15, 0.2) is 4.36 Å². The zero-order valence-electron chi connectivity index (χ0n) is 12.7. The molecule has 4 nitrogen and oxygen atoms in total. The van der Waals surface area contributed by atoms with Crippen molar-refractivity contribution >= 4 is 15.6 Å². The first-order valence-electron chi connectivity index (χ1n) is 6.18. The van der Waals surface area contributed by atoms with Crippen LogP contribution in [0.1, 0.15) is 41.0 Å². The van der Waals surface area contributed by atoms with Gasteiger partial charge in [0, 0.05) is 18.9 Å². The fourth-order valence-electron chi connectivity index (χ4n) is 0.966. The van der Waals surface area contributed by atoms with Crippen LogP contribution in [0, 0.1) is 0 Å². The maximum absolute atomic E-state index is 11.6. The second-order valence-corrected chi connectivity index (χ2v) is 5.94. The highest BCUT2D eigenvalue weighted by molar-refractivity contribution is 7.93. The average molecular weight is 266 g/mol. The summed E-state index contributed by atoms with van der Waals surface area (Å²) in [6, 6.07) is 0. The Bertz CT molecular complexity index is 280. The molecule has 0 radical (unpaired) electrons. The molecule has 0 heterocycles. The van der Waals surface area contributed by atoms with E-state index in [1.54, 1.807) is 0 Å². The molecule has 1 atom stereocenters. The largest absolute Gasteiger partial charge is 0.309 e.